The molecule has 0 bridgehead atoms. The largest absolute Gasteiger partial charge is 0.389 e. The van der Waals surface area contributed by atoms with Gasteiger partial charge in [-0.05, 0) is 43.9 Å². The molecule has 0 aliphatic carbocycles. The molecule has 6 nitrogen and oxygen atoms in total. The van der Waals surface area contributed by atoms with Gasteiger partial charge in [0.1, 0.15) is 6.04 Å². The highest BCUT2D eigenvalue weighted by Crippen LogP contribution is 2.27. The van der Waals surface area contributed by atoms with Gasteiger partial charge in [-0.1, -0.05) is 23.7 Å². The van der Waals surface area contributed by atoms with E-state index >= 15 is 0 Å². The van der Waals surface area contributed by atoms with Crippen LogP contribution in [0.4, 0.5) is 4.79 Å². The number of amides is 3. The fourth-order valence-electron chi connectivity index (χ4n) is 3.36. The minimum absolute atomic E-state index is 0.0298. The van der Waals surface area contributed by atoms with Gasteiger partial charge in [0.25, 0.3) is 5.91 Å². The van der Waals surface area contributed by atoms with E-state index < -0.39 is 6.10 Å². The van der Waals surface area contributed by atoms with E-state index in [1.807, 2.05) is 19.1 Å². The van der Waals surface area contributed by atoms with Gasteiger partial charge in [0.15, 0.2) is 0 Å². The molecule has 1 aromatic carbocycles. The average Bonchev–Trinajstić information content (AvgIpc) is 2.86. The number of ether oxygens (including phenoxy) is 1. The molecule has 136 valence electrons. The summed E-state index contributed by atoms with van der Waals surface area (Å²) >= 11 is 5.86. The predicted molar refractivity (Wildman–Crippen MR) is 93.3 cm³/mol. The lowest BCUT2D eigenvalue weighted by atomic mass is 10.0. The summed E-state index contributed by atoms with van der Waals surface area (Å²) < 4.78 is 5.67. The number of rotatable bonds is 6. The zero-order valence-corrected chi connectivity index (χ0v) is 15.0. The van der Waals surface area contributed by atoms with Crippen LogP contribution >= 0.6 is 11.6 Å². The van der Waals surface area contributed by atoms with Crippen molar-refractivity contribution in [2.24, 2.45) is 0 Å². The number of urea groups is 1. The van der Waals surface area contributed by atoms with Gasteiger partial charge in [0.2, 0.25) is 0 Å². The summed E-state index contributed by atoms with van der Waals surface area (Å²) in [5.74, 6) is -0.200. The van der Waals surface area contributed by atoms with E-state index in [0.717, 1.165) is 23.3 Å². The predicted octanol–water partition coefficient (Wildman–Crippen LogP) is 2.60. The van der Waals surface area contributed by atoms with Crippen molar-refractivity contribution < 1.29 is 19.4 Å². The van der Waals surface area contributed by atoms with Crippen molar-refractivity contribution in [1.29, 1.82) is 0 Å². The number of β-amino-alcohol motifs (C(OH)–C–C–N with tert-alkyl or cyclic N) is 1. The minimum atomic E-state index is -0.913. The molecule has 0 unspecified atom stereocenters. The van der Waals surface area contributed by atoms with E-state index in [1.165, 1.54) is 0 Å². The number of halogens is 1. The summed E-state index contributed by atoms with van der Waals surface area (Å²) in [4.78, 5) is 27.5. The number of fused-ring (bicyclic) bond motifs is 1. The number of aliphatic hydroxyl groups is 1. The third kappa shape index (κ3) is 3.97. The molecule has 3 atom stereocenters. The normalized spacial score (nSPS) is 22.9. The number of aliphatic hydroxyl groups excluding tert-OH is 1. The van der Waals surface area contributed by atoms with Gasteiger partial charge >= 0.3 is 6.03 Å². The molecule has 25 heavy (non-hydrogen) atoms. The van der Waals surface area contributed by atoms with E-state index in [2.05, 4.69) is 0 Å². The summed E-state index contributed by atoms with van der Waals surface area (Å²) in [6.07, 6.45) is 1.46. The lowest BCUT2D eigenvalue weighted by molar-refractivity contribution is -0.130. The first kappa shape index (κ1) is 18.2. The molecule has 1 N–H and O–H groups in total. The number of piperidine rings is 1. The zero-order chi connectivity index (χ0) is 18.0. The van der Waals surface area contributed by atoms with Crippen molar-refractivity contribution in [3.63, 3.8) is 0 Å². The molecule has 2 fully saturated rings. The van der Waals surface area contributed by atoms with Crippen molar-refractivity contribution in [2.75, 3.05) is 19.7 Å². The minimum Gasteiger partial charge on any atom is -0.389 e. The van der Waals surface area contributed by atoms with Crippen LogP contribution in [-0.4, -0.2) is 58.7 Å². The highest BCUT2D eigenvalue weighted by atomic mass is 35.5. The standard InChI is InChI=1S/C18H23ClN2O4/c1-12(13-5-7-14(19)8-6-13)25-11-15(22)10-21-17(23)16-4-2-3-9-20(16)18(21)24/h5-8,12,15-16,22H,2-4,9-11H2,1H3/t12-,15-,16+/m0/s1. The second kappa shape index (κ2) is 7.72. The Morgan fingerprint density at radius 2 is 2.00 bits per heavy atom. The fraction of sp³-hybridized carbons (Fsp3) is 0.556. The third-order valence-corrected chi connectivity index (χ3v) is 5.05. The smallest absolute Gasteiger partial charge is 0.327 e. The molecule has 2 saturated heterocycles. The van der Waals surface area contributed by atoms with Gasteiger partial charge in [0.05, 0.1) is 25.4 Å². The Bertz CT molecular complexity index is 612. The monoisotopic (exact) mass is 366 g/mol. The van der Waals surface area contributed by atoms with Gasteiger partial charge < -0.3 is 14.7 Å². The van der Waals surface area contributed by atoms with E-state index in [-0.39, 0.29) is 37.2 Å². The Balaban J connectivity index is 1.52. The van der Waals surface area contributed by atoms with Crippen LogP contribution in [0.5, 0.6) is 0 Å². The Labute approximate surface area is 152 Å². The topological polar surface area (TPSA) is 70.1 Å². The Kier molecular flexibility index (Phi) is 5.61. The summed E-state index contributed by atoms with van der Waals surface area (Å²) in [6.45, 7) is 2.51. The highest BCUT2D eigenvalue weighted by molar-refractivity contribution is 6.30. The summed E-state index contributed by atoms with van der Waals surface area (Å²) in [6, 6.07) is 6.66. The Morgan fingerprint density at radius 1 is 1.28 bits per heavy atom. The molecular formula is C18H23ClN2O4. The lowest BCUT2D eigenvalue weighted by Crippen LogP contribution is -2.40. The molecule has 3 amide bonds. The molecule has 3 rings (SSSR count). The third-order valence-electron chi connectivity index (χ3n) is 4.80. The maximum Gasteiger partial charge on any atom is 0.327 e. The van der Waals surface area contributed by atoms with Gasteiger partial charge in [0, 0.05) is 11.6 Å². The SMILES string of the molecule is C[C@H](OC[C@@H](O)CN1C(=O)[C@H]2CCCCN2C1=O)c1ccc(Cl)cc1. The first-order valence-electron chi connectivity index (χ1n) is 8.64. The average molecular weight is 367 g/mol. The molecule has 2 aliphatic rings. The molecule has 0 spiro atoms. The number of hydrogen-bond acceptors (Lipinski definition) is 4. The number of carbonyl (C=O) groups is 2. The first-order valence-corrected chi connectivity index (χ1v) is 9.02. The van der Waals surface area contributed by atoms with Gasteiger partial charge in [-0.15, -0.1) is 0 Å². The van der Waals surface area contributed by atoms with Crippen molar-refractivity contribution in [2.45, 2.75) is 44.4 Å². The fourth-order valence-corrected chi connectivity index (χ4v) is 3.49. The number of carbonyl (C=O) groups excluding carboxylic acids is 2. The maximum absolute atomic E-state index is 12.4. The van der Waals surface area contributed by atoms with E-state index in [0.29, 0.717) is 18.0 Å². The first-order chi connectivity index (χ1) is 12.0. The summed E-state index contributed by atoms with van der Waals surface area (Å²) in [7, 11) is 0. The van der Waals surface area contributed by atoms with E-state index in [1.54, 1.807) is 17.0 Å². The van der Waals surface area contributed by atoms with Gasteiger partial charge in [-0.3, -0.25) is 9.69 Å². The highest BCUT2D eigenvalue weighted by Gasteiger charge is 2.46. The van der Waals surface area contributed by atoms with Crippen LogP contribution in [0.2, 0.25) is 5.02 Å². The van der Waals surface area contributed by atoms with Crippen LogP contribution in [0.3, 0.4) is 0 Å². The van der Waals surface area contributed by atoms with Crippen LogP contribution in [0.25, 0.3) is 0 Å². The van der Waals surface area contributed by atoms with Crippen LogP contribution < -0.4 is 0 Å². The Hall–Kier alpha value is -1.63. The van der Waals surface area contributed by atoms with Gasteiger partial charge in [-0.2, -0.15) is 0 Å². The van der Waals surface area contributed by atoms with Crippen molar-refractivity contribution in [3.8, 4) is 0 Å². The van der Waals surface area contributed by atoms with Crippen LogP contribution in [0, 0.1) is 0 Å². The second-order valence-corrected chi connectivity index (χ2v) is 7.05. The molecule has 2 aliphatic heterocycles. The summed E-state index contributed by atoms with van der Waals surface area (Å²) in [5, 5.41) is 10.9. The second-order valence-electron chi connectivity index (χ2n) is 6.62. The molecule has 2 heterocycles. The summed E-state index contributed by atoms with van der Waals surface area (Å²) in [5.41, 5.74) is 0.946. The number of hydrogen-bond donors (Lipinski definition) is 1. The number of nitrogens with zero attached hydrogens (tertiary/aromatic N) is 2. The molecule has 0 aromatic heterocycles. The van der Waals surface area contributed by atoms with E-state index in [9.17, 15) is 14.7 Å². The lowest BCUT2D eigenvalue weighted by Gasteiger charge is -2.26. The van der Waals surface area contributed by atoms with Crippen LogP contribution in [0.15, 0.2) is 24.3 Å². The number of benzene rings is 1. The van der Waals surface area contributed by atoms with Crippen molar-refractivity contribution in [3.05, 3.63) is 34.9 Å². The maximum atomic E-state index is 12.4. The van der Waals surface area contributed by atoms with Gasteiger partial charge in [-0.25, -0.2) is 4.79 Å². The molecule has 0 radical (unpaired) electrons. The molecule has 1 aromatic rings. The quantitative estimate of drug-likeness (QED) is 0.785. The van der Waals surface area contributed by atoms with E-state index in [4.69, 9.17) is 16.3 Å². The molecule has 7 heteroatoms. The molecule has 0 saturated carbocycles. The Morgan fingerprint density at radius 3 is 2.68 bits per heavy atom. The zero-order valence-electron chi connectivity index (χ0n) is 14.2. The van der Waals surface area contributed by atoms with Crippen molar-refractivity contribution >= 4 is 23.5 Å². The number of imide groups is 1. The van der Waals surface area contributed by atoms with Crippen LogP contribution in [0.1, 0.15) is 37.9 Å². The molecular weight excluding hydrogens is 344 g/mol. The van der Waals surface area contributed by atoms with Crippen molar-refractivity contribution in [1.82, 2.24) is 9.80 Å². The van der Waals surface area contributed by atoms with Crippen LogP contribution in [-0.2, 0) is 9.53 Å².